The van der Waals surface area contributed by atoms with E-state index in [0.717, 1.165) is 38.5 Å². The van der Waals surface area contributed by atoms with Crippen molar-refractivity contribution in [1.29, 1.82) is 0 Å². The van der Waals surface area contributed by atoms with Crippen molar-refractivity contribution in [2.75, 3.05) is 26.3 Å². The lowest BCUT2D eigenvalue weighted by Gasteiger charge is -2.35. The van der Waals surface area contributed by atoms with E-state index in [1.165, 1.54) is 0 Å². The fourth-order valence-corrected chi connectivity index (χ4v) is 3.63. The highest BCUT2D eigenvalue weighted by atomic mass is 16.7. The van der Waals surface area contributed by atoms with E-state index in [2.05, 4.69) is 16.0 Å². The van der Waals surface area contributed by atoms with Crippen molar-refractivity contribution in [3.05, 3.63) is 0 Å². The van der Waals surface area contributed by atoms with E-state index >= 15 is 0 Å². The van der Waals surface area contributed by atoms with Crippen molar-refractivity contribution in [2.45, 2.75) is 56.8 Å². The first-order valence-electron chi connectivity index (χ1n) is 8.77. The number of hydrogen-bond acceptors (Lipinski definition) is 4. The fourth-order valence-electron chi connectivity index (χ4n) is 3.63. The number of rotatable bonds is 3. The Labute approximate surface area is 136 Å². The number of carbonyl (C=O) groups is 2. The van der Waals surface area contributed by atoms with Gasteiger partial charge in [-0.1, -0.05) is 0 Å². The molecule has 3 amide bonds. The topological polar surface area (TPSA) is 88.7 Å². The Hall–Kier alpha value is -1.34. The maximum Gasteiger partial charge on any atom is 0.315 e. The van der Waals surface area contributed by atoms with Crippen molar-refractivity contribution >= 4 is 11.9 Å². The molecule has 0 aromatic carbocycles. The second kappa shape index (κ2) is 7.49. The summed E-state index contributed by atoms with van der Waals surface area (Å²) in [5.74, 6) is 0.0203. The van der Waals surface area contributed by atoms with Crippen LogP contribution in [0.1, 0.15) is 44.9 Å². The second-order valence-electron chi connectivity index (χ2n) is 6.74. The Balaban J connectivity index is 1.37. The van der Waals surface area contributed by atoms with E-state index < -0.39 is 6.04 Å². The summed E-state index contributed by atoms with van der Waals surface area (Å²) in [6.07, 6.45) is 6.40. The smallest absolute Gasteiger partial charge is 0.315 e. The van der Waals surface area contributed by atoms with Crippen LogP contribution in [0.4, 0.5) is 4.79 Å². The molecule has 3 fully saturated rings. The van der Waals surface area contributed by atoms with Crippen molar-refractivity contribution in [1.82, 2.24) is 16.0 Å². The summed E-state index contributed by atoms with van der Waals surface area (Å²) >= 11 is 0. The number of carbonyl (C=O) groups excluding carboxylic acids is 2. The fraction of sp³-hybridized carbons (Fsp3) is 0.875. The lowest BCUT2D eigenvalue weighted by Crippen LogP contribution is -2.50. The molecular weight excluding hydrogens is 298 g/mol. The third-order valence-electron chi connectivity index (χ3n) is 5.07. The lowest BCUT2D eigenvalue weighted by atomic mass is 9.85. The van der Waals surface area contributed by atoms with Crippen LogP contribution in [0.3, 0.4) is 0 Å². The van der Waals surface area contributed by atoms with Gasteiger partial charge in [-0.05, 0) is 38.0 Å². The zero-order valence-corrected chi connectivity index (χ0v) is 13.6. The maximum absolute atomic E-state index is 12.0. The van der Waals surface area contributed by atoms with Gasteiger partial charge in [-0.25, -0.2) is 4.79 Å². The molecule has 3 rings (SSSR count). The molecule has 3 N–H and O–H groups in total. The van der Waals surface area contributed by atoms with Gasteiger partial charge in [0.2, 0.25) is 5.91 Å². The highest BCUT2D eigenvalue weighted by molar-refractivity contribution is 5.87. The first-order valence-corrected chi connectivity index (χ1v) is 8.77. The van der Waals surface area contributed by atoms with Crippen LogP contribution in [0, 0.1) is 5.92 Å². The maximum atomic E-state index is 12.0. The van der Waals surface area contributed by atoms with E-state index in [4.69, 9.17) is 9.47 Å². The minimum Gasteiger partial charge on any atom is -0.354 e. The molecular formula is C16H27N3O4. The van der Waals surface area contributed by atoms with Gasteiger partial charge in [0.1, 0.15) is 6.04 Å². The number of urea groups is 1. The predicted octanol–water partition coefficient (Wildman–Crippen LogP) is 0.888. The lowest BCUT2D eigenvalue weighted by molar-refractivity contribution is -0.182. The van der Waals surface area contributed by atoms with E-state index in [0.29, 0.717) is 38.6 Å². The van der Waals surface area contributed by atoms with E-state index in [1.807, 2.05) is 0 Å². The average Bonchev–Trinajstić information content (AvgIpc) is 2.91. The van der Waals surface area contributed by atoms with Crippen molar-refractivity contribution in [3.63, 3.8) is 0 Å². The van der Waals surface area contributed by atoms with Gasteiger partial charge in [0.25, 0.3) is 0 Å². The van der Waals surface area contributed by atoms with Crippen molar-refractivity contribution in [2.24, 2.45) is 5.92 Å². The van der Waals surface area contributed by atoms with Crippen LogP contribution in [0.2, 0.25) is 0 Å². The van der Waals surface area contributed by atoms with Crippen LogP contribution in [-0.4, -0.2) is 50.1 Å². The summed E-state index contributed by atoms with van der Waals surface area (Å²) in [6.45, 7) is 2.71. The molecule has 3 aliphatic rings. The Kier molecular flexibility index (Phi) is 5.38. The van der Waals surface area contributed by atoms with Gasteiger partial charge in [-0.3, -0.25) is 4.79 Å². The normalized spacial score (nSPS) is 28.2. The third-order valence-corrected chi connectivity index (χ3v) is 5.07. The highest BCUT2D eigenvalue weighted by Crippen LogP contribution is 2.37. The van der Waals surface area contributed by atoms with Gasteiger partial charge < -0.3 is 25.4 Å². The van der Waals surface area contributed by atoms with Crippen LogP contribution >= 0.6 is 0 Å². The summed E-state index contributed by atoms with van der Waals surface area (Å²) in [5, 5.41) is 8.52. The molecule has 2 heterocycles. The van der Waals surface area contributed by atoms with E-state index in [9.17, 15) is 9.59 Å². The molecule has 130 valence electrons. The SMILES string of the molecule is O=C(NCC1CCC2(CC1)OCCO2)NC1CCCCNC1=O. The van der Waals surface area contributed by atoms with Gasteiger partial charge >= 0.3 is 6.03 Å². The molecule has 2 saturated heterocycles. The van der Waals surface area contributed by atoms with E-state index in [-0.39, 0.29) is 17.7 Å². The average molecular weight is 325 g/mol. The molecule has 1 aliphatic carbocycles. The quantitative estimate of drug-likeness (QED) is 0.719. The van der Waals surface area contributed by atoms with Crippen LogP contribution in [0.25, 0.3) is 0 Å². The zero-order valence-electron chi connectivity index (χ0n) is 13.6. The first-order chi connectivity index (χ1) is 11.2. The number of hydrogen-bond donors (Lipinski definition) is 3. The Morgan fingerprint density at radius 1 is 1.17 bits per heavy atom. The Bertz CT molecular complexity index is 427. The van der Waals surface area contributed by atoms with Crippen LogP contribution in [0.5, 0.6) is 0 Å². The summed E-state index contributed by atoms with van der Waals surface area (Å²) in [6, 6.07) is -0.659. The summed E-state index contributed by atoms with van der Waals surface area (Å²) < 4.78 is 11.4. The van der Waals surface area contributed by atoms with Gasteiger partial charge in [-0.15, -0.1) is 0 Å². The molecule has 1 saturated carbocycles. The van der Waals surface area contributed by atoms with E-state index in [1.54, 1.807) is 0 Å². The molecule has 1 atom stereocenters. The number of nitrogens with one attached hydrogen (secondary N) is 3. The predicted molar refractivity (Wildman–Crippen MR) is 83.8 cm³/mol. The molecule has 0 radical (unpaired) electrons. The second-order valence-corrected chi connectivity index (χ2v) is 6.74. The first kappa shape index (κ1) is 16.5. The van der Waals surface area contributed by atoms with Crippen LogP contribution < -0.4 is 16.0 Å². The van der Waals surface area contributed by atoms with Gasteiger partial charge in [0, 0.05) is 25.9 Å². The summed E-state index contributed by atoms with van der Waals surface area (Å²) in [4.78, 5) is 23.8. The monoisotopic (exact) mass is 325 g/mol. The summed E-state index contributed by atoms with van der Waals surface area (Å²) in [5.41, 5.74) is 0. The minimum absolute atomic E-state index is 0.0761. The van der Waals surface area contributed by atoms with Gasteiger partial charge in [0.15, 0.2) is 5.79 Å². The molecule has 0 bridgehead atoms. The Morgan fingerprint density at radius 3 is 2.65 bits per heavy atom. The highest BCUT2D eigenvalue weighted by Gasteiger charge is 2.40. The molecule has 23 heavy (non-hydrogen) atoms. The van der Waals surface area contributed by atoms with Crippen LogP contribution in [-0.2, 0) is 14.3 Å². The molecule has 1 unspecified atom stereocenters. The summed E-state index contributed by atoms with van der Waals surface area (Å²) in [7, 11) is 0. The van der Waals surface area contributed by atoms with Crippen molar-refractivity contribution < 1.29 is 19.1 Å². The molecule has 2 aliphatic heterocycles. The minimum atomic E-state index is -0.410. The van der Waals surface area contributed by atoms with Gasteiger partial charge in [0.05, 0.1) is 13.2 Å². The molecule has 1 spiro atoms. The Morgan fingerprint density at radius 2 is 1.91 bits per heavy atom. The van der Waals surface area contributed by atoms with Crippen LogP contribution in [0.15, 0.2) is 0 Å². The third kappa shape index (κ3) is 4.35. The molecule has 7 nitrogen and oxygen atoms in total. The largest absolute Gasteiger partial charge is 0.354 e. The number of ether oxygens (including phenoxy) is 2. The zero-order chi connectivity index (χ0) is 16.1. The molecule has 0 aromatic heterocycles. The van der Waals surface area contributed by atoms with Gasteiger partial charge in [-0.2, -0.15) is 0 Å². The molecule has 7 heteroatoms. The molecule has 0 aromatic rings. The van der Waals surface area contributed by atoms with Crippen molar-refractivity contribution in [3.8, 4) is 0 Å². The standard InChI is InChI=1S/C16H27N3O4/c20-14-13(3-1-2-8-17-14)19-15(21)18-11-12-4-6-16(7-5-12)22-9-10-23-16/h12-13H,1-11H2,(H,17,20)(H2,18,19,21). The number of amides is 3.